The van der Waals surface area contributed by atoms with Gasteiger partial charge in [-0.3, -0.25) is 4.98 Å². The molecule has 1 aromatic heterocycles. The Balaban J connectivity index is 2.19. The van der Waals surface area contributed by atoms with Gasteiger partial charge in [0.1, 0.15) is 0 Å². The number of pyridine rings is 1. The topological polar surface area (TPSA) is 62.3 Å². The van der Waals surface area contributed by atoms with Gasteiger partial charge in [-0.25, -0.2) is 8.42 Å². The second-order valence-corrected chi connectivity index (χ2v) is 7.34. The van der Waals surface area contributed by atoms with Crippen molar-refractivity contribution in [2.24, 2.45) is 0 Å². The first-order valence-corrected chi connectivity index (χ1v) is 8.51. The summed E-state index contributed by atoms with van der Waals surface area (Å²) in [5.74, 6) is 0. The molecule has 0 radical (unpaired) electrons. The lowest BCUT2D eigenvalue weighted by Gasteiger charge is -2.33. The first-order chi connectivity index (χ1) is 10.0. The van der Waals surface area contributed by atoms with E-state index in [0.717, 1.165) is 16.3 Å². The fourth-order valence-electron chi connectivity index (χ4n) is 2.89. The Bertz CT molecular complexity index is 768. The minimum absolute atomic E-state index is 0.0406. The van der Waals surface area contributed by atoms with Crippen molar-refractivity contribution in [3.8, 4) is 0 Å². The molecule has 112 valence electrons. The van der Waals surface area contributed by atoms with Crippen molar-refractivity contribution in [3.05, 3.63) is 36.2 Å². The zero-order valence-corrected chi connectivity index (χ0v) is 13.0. The molecule has 6 heteroatoms. The van der Waals surface area contributed by atoms with Crippen LogP contribution in [0.25, 0.3) is 10.8 Å². The molecule has 2 heterocycles. The van der Waals surface area contributed by atoms with Gasteiger partial charge in [-0.15, -0.1) is 0 Å². The van der Waals surface area contributed by atoms with Crippen LogP contribution in [0.4, 0.5) is 0 Å². The lowest BCUT2D eigenvalue weighted by Crippen LogP contribution is -2.52. The Kier molecular flexibility index (Phi) is 3.69. The Morgan fingerprint density at radius 1 is 1.33 bits per heavy atom. The van der Waals surface area contributed by atoms with Gasteiger partial charge in [-0.2, -0.15) is 4.31 Å². The number of sulfonamides is 1. The summed E-state index contributed by atoms with van der Waals surface area (Å²) < 4.78 is 27.7. The Morgan fingerprint density at radius 2 is 2.14 bits per heavy atom. The zero-order valence-electron chi connectivity index (χ0n) is 12.2. The molecular formula is C15H19N3O2S. The molecule has 1 fully saturated rings. The molecule has 2 aromatic rings. The number of aromatic nitrogens is 1. The second-order valence-electron chi connectivity index (χ2n) is 5.48. The molecule has 3 rings (SSSR count). The van der Waals surface area contributed by atoms with Crippen LogP contribution in [-0.2, 0) is 10.0 Å². The van der Waals surface area contributed by atoms with Crippen LogP contribution in [0.15, 0.2) is 35.5 Å². The smallest absolute Gasteiger partial charge is 0.244 e. The van der Waals surface area contributed by atoms with Gasteiger partial charge >= 0.3 is 0 Å². The summed E-state index contributed by atoms with van der Waals surface area (Å²) >= 11 is 0. The molecule has 1 atom stereocenters. The summed E-state index contributed by atoms with van der Waals surface area (Å²) in [5.41, 5.74) is 0.884. The van der Waals surface area contributed by atoms with E-state index in [-0.39, 0.29) is 6.04 Å². The summed E-state index contributed by atoms with van der Waals surface area (Å²) in [4.78, 5) is 4.53. The molecule has 21 heavy (non-hydrogen) atoms. The number of hydrogen-bond donors (Lipinski definition) is 1. The van der Waals surface area contributed by atoms with Gasteiger partial charge in [0.2, 0.25) is 10.0 Å². The predicted molar refractivity (Wildman–Crippen MR) is 82.7 cm³/mol. The fourth-order valence-corrected chi connectivity index (χ4v) is 4.81. The standard InChI is InChI=1S/C15H19N3O2S/c1-11-8-17-10-13-4-3-5-14(15(11)13)21(19,20)18-7-6-16-9-12(18)2/h3-5,8,10,12,16H,6-7,9H2,1-2H3/t12-/m1/s1. The molecule has 0 aliphatic carbocycles. The number of benzene rings is 1. The first-order valence-electron chi connectivity index (χ1n) is 7.07. The van der Waals surface area contributed by atoms with Gasteiger partial charge < -0.3 is 5.32 Å². The quantitative estimate of drug-likeness (QED) is 0.914. The van der Waals surface area contributed by atoms with Crippen LogP contribution >= 0.6 is 0 Å². The van der Waals surface area contributed by atoms with Crippen LogP contribution in [0.5, 0.6) is 0 Å². The van der Waals surface area contributed by atoms with E-state index in [1.54, 1.807) is 28.8 Å². The maximum atomic E-state index is 13.0. The largest absolute Gasteiger partial charge is 0.314 e. The minimum atomic E-state index is -3.49. The van der Waals surface area contributed by atoms with Crippen molar-refractivity contribution in [2.45, 2.75) is 24.8 Å². The molecule has 1 N–H and O–H groups in total. The van der Waals surface area contributed by atoms with Gasteiger partial charge in [0, 0.05) is 48.8 Å². The summed E-state index contributed by atoms with van der Waals surface area (Å²) in [5, 5.41) is 4.86. The Labute approximate surface area is 125 Å². The van der Waals surface area contributed by atoms with Gasteiger partial charge in [0.15, 0.2) is 0 Å². The van der Waals surface area contributed by atoms with Crippen LogP contribution in [-0.4, -0.2) is 43.4 Å². The van der Waals surface area contributed by atoms with E-state index in [1.807, 2.05) is 19.9 Å². The molecule has 1 aliphatic heterocycles. The van der Waals surface area contributed by atoms with Crippen molar-refractivity contribution in [2.75, 3.05) is 19.6 Å². The minimum Gasteiger partial charge on any atom is -0.314 e. The third-order valence-electron chi connectivity index (χ3n) is 3.96. The number of piperazine rings is 1. The fraction of sp³-hybridized carbons (Fsp3) is 0.400. The number of aryl methyl sites for hydroxylation is 1. The van der Waals surface area contributed by atoms with E-state index in [9.17, 15) is 8.42 Å². The van der Waals surface area contributed by atoms with E-state index >= 15 is 0 Å². The Morgan fingerprint density at radius 3 is 2.90 bits per heavy atom. The van der Waals surface area contributed by atoms with Crippen molar-refractivity contribution in [1.82, 2.24) is 14.6 Å². The molecule has 0 spiro atoms. The highest BCUT2D eigenvalue weighted by Crippen LogP contribution is 2.28. The lowest BCUT2D eigenvalue weighted by molar-refractivity contribution is 0.284. The summed E-state index contributed by atoms with van der Waals surface area (Å²) in [6.45, 7) is 5.71. The van der Waals surface area contributed by atoms with Gasteiger partial charge in [0.05, 0.1) is 4.90 Å². The highest BCUT2D eigenvalue weighted by molar-refractivity contribution is 7.89. The number of fused-ring (bicyclic) bond motifs is 1. The van der Waals surface area contributed by atoms with Crippen LogP contribution in [0.2, 0.25) is 0 Å². The van der Waals surface area contributed by atoms with E-state index < -0.39 is 10.0 Å². The third-order valence-corrected chi connectivity index (χ3v) is 6.02. The van der Waals surface area contributed by atoms with E-state index in [2.05, 4.69) is 10.3 Å². The number of nitrogens with one attached hydrogen (secondary N) is 1. The number of hydrogen-bond acceptors (Lipinski definition) is 4. The van der Waals surface area contributed by atoms with E-state index in [0.29, 0.717) is 24.5 Å². The van der Waals surface area contributed by atoms with Gasteiger partial charge in [-0.05, 0) is 25.5 Å². The molecule has 1 aliphatic rings. The average Bonchev–Trinajstić information content (AvgIpc) is 2.47. The number of rotatable bonds is 2. The van der Waals surface area contributed by atoms with Gasteiger partial charge in [-0.1, -0.05) is 12.1 Å². The summed E-state index contributed by atoms with van der Waals surface area (Å²) in [6.07, 6.45) is 3.42. The molecule has 0 amide bonds. The van der Waals surface area contributed by atoms with Crippen LogP contribution < -0.4 is 5.32 Å². The summed E-state index contributed by atoms with van der Waals surface area (Å²) in [7, 11) is -3.49. The molecular weight excluding hydrogens is 286 g/mol. The lowest BCUT2D eigenvalue weighted by atomic mass is 10.1. The predicted octanol–water partition coefficient (Wildman–Crippen LogP) is 1.53. The SMILES string of the molecule is Cc1cncc2cccc(S(=O)(=O)N3CCNC[C@H]3C)c12. The molecule has 0 bridgehead atoms. The maximum absolute atomic E-state index is 13.0. The normalized spacial score (nSPS) is 20.8. The molecule has 5 nitrogen and oxygen atoms in total. The third kappa shape index (κ3) is 2.43. The van der Waals surface area contributed by atoms with Crippen LogP contribution in [0.1, 0.15) is 12.5 Å². The highest BCUT2D eigenvalue weighted by Gasteiger charge is 2.32. The Hall–Kier alpha value is -1.50. The van der Waals surface area contributed by atoms with Crippen LogP contribution in [0, 0.1) is 6.92 Å². The van der Waals surface area contributed by atoms with E-state index in [1.165, 1.54) is 0 Å². The van der Waals surface area contributed by atoms with Crippen molar-refractivity contribution < 1.29 is 8.42 Å². The van der Waals surface area contributed by atoms with Crippen molar-refractivity contribution in [3.63, 3.8) is 0 Å². The maximum Gasteiger partial charge on any atom is 0.244 e. The second kappa shape index (κ2) is 5.36. The van der Waals surface area contributed by atoms with Crippen LogP contribution in [0.3, 0.4) is 0 Å². The summed E-state index contributed by atoms with van der Waals surface area (Å²) in [6, 6.07) is 5.33. The molecule has 0 unspecified atom stereocenters. The molecule has 1 aromatic carbocycles. The average molecular weight is 305 g/mol. The van der Waals surface area contributed by atoms with Crippen molar-refractivity contribution >= 4 is 20.8 Å². The highest BCUT2D eigenvalue weighted by atomic mass is 32.2. The monoisotopic (exact) mass is 305 g/mol. The zero-order chi connectivity index (χ0) is 15.0. The molecule has 0 saturated carbocycles. The molecule has 1 saturated heterocycles. The number of nitrogens with zero attached hydrogens (tertiary/aromatic N) is 2. The van der Waals surface area contributed by atoms with E-state index in [4.69, 9.17) is 0 Å². The van der Waals surface area contributed by atoms with Gasteiger partial charge in [0.25, 0.3) is 0 Å². The first kappa shape index (κ1) is 14.4. The van der Waals surface area contributed by atoms with Crippen molar-refractivity contribution in [1.29, 1.82) is 0 Å².